The standard InChI is InChI=1S/C14H26N4O2/c1-2-16-13(20)17-14(7-3-4-8-14)12(19)18-9-5-11(15)6-10-18/h11H,2-10,15H2,1H3,(H2,16,17,20). The number of nitrogens with two attached hydrogens (primary N) is 1. The molecule has 2 rings (SSSR count). The van der Waals surface area contributed by atoms with Gasteiger partial charge in [0.05, 0.1) is 0 Å². The van der Waals surface area contributed by atoms with Gasteiger partial charge in [0.2, 0.25) is 5.91 Å². The van der Waals surface area contributed by atoms with Gasteiger partial charge >= 0.3 is 6.03 Å². The van der Waals surface area contributed by atoms with Crippen molar-refractivity contribution < 1.29 is 9.59 Å². The van der Waals surface area contributed by atoms with E-state index in [1.807, 2.05) is 11.8 Å². The Bertz CT molecular complexity index is 358. The average Bonchev–Trinajstić information content (AvgIpc) is 2.88. The number of piperidine rings is 1. The van der Waals surface area contributed by atoms with Gasteiger partial charge in [0.15, 0.2) is 0 Å². The van der Waals surface area contributed by atoms with Crippen molar-refractivity contribution >= 4 is 11.9 Å². The van der Waals surface area contributed by atoms with Gasteiger partial charge in [-0.05, 0) is 32.6 Å². The van der Waals surface area contributed by atoms with Crippen LogP contribution in [-0.2, 0) is 4.79 Å². The Kier molecular flexibility index (Phi) is 4.86. The molecule has 6 nitrogen and oxygen atoms in total. The Morgan fingerprint density at radius 3 is 2.40 bits per heavy atom. The van der Waals surface area contributed by atoms with Crippen molar-refractivity contribution in [2.75, 3.05) is 19.6 Å². The Balaban J connectivity index is 2.03. The minimum absolute atomic E-state index is 0.0770. The lowest BCUT2D eigenvalue weighted by atomic mass is 9.93. The number of nitrogens with one attached hydrogen (secondary N) is 2. The Hall–Kier alpha value is -1.30. The fraction of sp³-hybridized carbons (Fsp3) is 0.857. The van der Waals surface area contributed by atoms with Gasteiger partial charge in [0, 0.05) is 25.7 Å². The molecule has 0 aromatic rings. The van der Waals surface area contributed by atoms with E-state index in [1.54, 1.807) is 0 Å². The van der Waals surface area contributed by atoms with Gasteiger partial charge in [-0.3, -0.25) is 4.79 Å². The summed E-state index contributed by atoms with van der Waals surface area (Å²) in [6, 6.07) is -0.0358. The van der Waals surface area contributed by atoms with E-state index >= 15 is 0 Å². The van der Waals surface area contributed by atoms with Crippen molar-refractivity contribution in [1.29, 1.82) is 0 Å². The zero-order valence-corrected chi connectivity index (χ0v) is 12.3. The van der Waals surface area contributed by atoms with Crippen molar-refractivity contribution in [1.82, 2.24) is 15.5 Å². The molecule has 2 aliphatic rings. The molecule has 20 heavy (non-hydrogen) atoms. The summed E-state index contributed by atoms with van der Waals surface area (Å²) in [5, 5.41) is 5.65. The summed E-state index contributed by atoms with van der Waals surface area (Å²) in [6.45, 7) is 3.85. The minimum atomic E-state index is -0.694. The molecule has 1 heterocycles. The molecule has 1 aliphatic carbocycles. The first-order valence-electron chi connectivity index (χ1n) is 7.68. The molecule has 0 bridgehead atoms. The summed E-state index contributed by atoms with van der Waals surface area (Å²) < 4.78 is 0. The molecule has 1 saturated carbocycles. The van der Waals surface area contributed by atoms with Crippen molar-refractivity contribution in [3.63, 3.8) is 0 Å². The lowest BCUT2D eigenvalue weighted by molar-refractivity contribution is -0.138. The number of carbonyl (C=O) groups excluding carboxylic acids is 2. The van der Waals surface area contributed by atoms with Gasteiger partial charge in [-0.25, -0.2) is 4.79 Å². The second kappa shape index (κ2) is 6.43. The number of nitrogens with zero attached hydrogens (tertiary/aromatic N) is 1. The maximum absolute atomic E-state index is 12.8. The van der Waals surface area contributed by atoms with E-state index in [-0.39, 0.29) is 18.0 Å². The molecule has 0 aromatic carbocycles. The lowest BCUT2D eigenvalue weighted by Gasteiger charge is -2.38. The topological polar surface area (TPSA) is 87.5 Å². The highest BCUT2D eigenvalue weighted by Crippen LogP contribution is 2.32. The van der Waals surface area contributed by atoms with Crippen LogP contribution < -0.4 is 16.4 Å². The molecular formula is C14H26N4O2. The summed E-state index contributed by atoms with van der Waals surface area (Å²) in [5.41, 5.74) is 5.19. The van der Waals surface area contributed by atoms with E-state index in [0.29, 0.717) is 19.6 Å². The van der Waals surface area contributed by atoms with E-state index in [0.717, 1.165) is 38.5 Å². The molecule has 114 valence electrons. The number of likely N-dealkylation sites (tertiary alicyclic amines) is 1. The van der Waals surface area contributed by atoms with Gasteiger partial charge < -0.3 is 21.3 Å². The maximum atomic E-state index is 12.8. The molecule has 0 aromatic heterocycles. The highest BCUT2D eigenvalue weighted by molar-refractivity contribution is 5.91. The van der Waals surface area contributed by atoms with Crippen molar-refractivity contribution in [3.8, 4) is 0 Å². The number of rotatable bonds is 3. The van der Waals surface area contributed by atoms with Crippen LogP contribution in [0.25, 0.3) is 0 Å². The summed E-state index contributed by atoms with van der Waals surface area (Å²) >= 11 is 0. The highest BCUT2D eigenvalue weighted by Gasteiger charge is 2.45. The first-order valence-corrected chi connectivity index (χ1v) is 7.68. The Morgan fingerprint density at radius 2 is 1.85 bits per heavy atom. The predicted octanol–water partition coefficient (Wildman–Crippen LogP) is 0.568. The van der Waals surface area contributed by atoms with E-state index in [9.17, 15) is 9.59 Å². The fourth-order valence-electron chi connectivity index (χ4n) is 3.20. The molecule has 0 radical (unpaired) electrons. The van der Waals surface area contributed by atoms with Gasteiger partial charge in [-0.2, -0.15) is 0 Å². The number of urea groups is 1. The van der Waals surface area contributed by atoms with Gasteiger partial charge in [0.1, 0.15) is 5.54 Å². The van der Waals surface area contributed by atoms with E-state index in [2.05, 4.69) is 10.6 Å². The molecule has 0 atom stereocenters. The molecule has 1 aliphatic heterocycles. The molecular weight excluding hydrogens is 256 g/mol. The number of amides is 3. The molecule has 0 spiro atoms. The Labute approximate surface area is 120 Å². The number of hydrogen-bond acceptors (Lipinski definition) is 3. The van der Waals surface area contributed by atoms with Gasteiger partial charge in [0.25, 0.3) is 0 Å². The molecule has 6 heteroatoms. The zero-order chi connectivity index (χ0) is 14.6. The maximum Gasteiger partial charge on any atom is 0.315 e. The van der Waals surface area contributed by atoms with Crippen molar-refractivity contribution in [3.05, 3.63) is 0 Å². The first-order chi connectivity index (χ1) is 9.57. The molecule has 1 saturated heterocycles. The van der Waals surface area contributed by atoms with Crippen LogP contribution >= 0.6 is 0 Å². The summed E-state index contributed by atoms with van der Waals surface area (Å²) in [6.07, 6.45) is 5.17. The molecule has 0 unspecified atom stereocenters. The molecule has 4 N–H and O–H groups in total. The summed E-state index contributed by atoms with van der Waals surface area (Å²) in [5.74, 6) is 0.0770. The van der Waals surface area contributed by atoms with Crippen LogP contribution in [0.3, 0.4) is 0 Å². The summed E-state index contributed by atoms with van der Waals surface area (Å²) in [4.78, 5) is 26.5. The van der Waals surface area contributed by atoms with Gasteiger partial charge in [-0.15, -0.1) is 0 Å². The van der Waals surface area contributed by atoms with Gasteiger partial charge in [-0.1, -0.05) is 12.8 Å². The quantitative estimate of drug-likeness (QED) is 0.707. The number of carbonyl (C=O) groups is 2. The summed E-state index contributed by atoms with van der Waals surface area (Å²) in [7, 11) is 0. The van der Waals surface area contributed by atoms with Crippen LogP contribution in [0.5, 0.6) is 0 Å². The van der Waals surface area contributed by atoms with Crippen LogP contribution in [0.2, 0.25) is 0 Å². The SMILES string of the molecule is CCNC(=O)NC1(C(=O)N2CCC(N)CC2)CCCC1. The third-order valence-corrected chi connectivity index (χ3v) is 4.38. The normalized spacial score (nSPS) is 22.6. The van der Waals surface area contributed by atoms with Crippen LogP contribution in [-0.4, -0.2) is 48.1 Å². The van der Waals surface area contributed by atoms with E-state index < -0.39 is 5.54 Å². The van der Waals surface area contributed by atoms with Crippen molar-refractivity contribution in [2.45, 2.75) is 57.0 Å². The van der Waals surface area contributed by atoms with Crippen LogP contribution in [0.4, 0.5) is 4.79 Å². The first kappa shape index (κ1) is 15.1. The molecule has 2 fully saturated rings. The van der Waals surface area contributed by atoms with Crippen LogP contribution in [0, 0.1) is 0 Å². The molecule has 3 amide bonds. The van der Waals surface area contributed by atoms with Crippen molar-refractivity contribution in [2.24, 2.45) is 5.73 Å². The van der Waals surface area contributed by atoms with E-state index in [4.69, 9.17) is 5.73 Å². The monoisotopic (exact) mass is 282 g/mol. The second-order valence-corrected chi connectivity index (χ2v) is 5.90. The Morgan fingerprint density at radius 1 is 1.25 bits per heavy atom. The predicted molar refractivity (Wildman–Crippen MR) is 77.2 cm³/mol. The smallest absolute Gasteiger partial charge is 0.315 e. The fourth-order valence-corrected chi connectivity index (χ4v) is 3.20. The third-order valence-electron chi connectivity index (χ3n) is 4.38. The van der Waals surface area contributed by atoms with Crippen LogP contribution in [0.15, 0.2) is 0 Å². The number of hydrogen-bond donors (Lipinski definition) is 3. The highest BCUT2D eigenvalue weighted by atomic mass is 16.2. The lowest BCUT2D eigenvalue weighted by Crippen LogP contribution is -2.61. The third kappa shape index (κ3) is 3.23. The largest absolute Gasteiger partial charge is 0.341 e. The second-order valence-electron chi connectivity index (χ2n) is 5.90. The average molecular weight is 282 g/mol. The van der Waals surface area contributed by atoms with E-state index in [1.165, 1.54) is 0 Å². The van der Waals surface area contributed by atoms with Crippen LogP contribution in [0.1, 0.15) is 45.4 Å². The zero-order valence-electron chi connectivity index (χ0n) is 12.3. The minimum Gasteiger partial charge on any atom is -0.341 e.